The first-order valence-corrected chi connectivity index (χ1v) is 6.07. The number of hydrogen-bond acceptors (Lipinski definition) is 2. The standard InChI is InChI=1S/C13H15F3N2O2/c1-3-18(4-2)12(20)11(19)17-10-8-6-5-7-9(10)13(14,15)16/h5-8H,3-4H2,1-2H3,(H,17,19). The van der Waals surface area contributed by atoms with Gasteiger partial charge in [0.15, 0.2) is 0 Å². The smallest absolute Gasteiger partial charge is 0.335 e. The Kier molecular flexibility index (Phi) is 5.12. The number of nitrogens with one attached hydrogen (secondary N) is 1. The number of amides is 2. The molecule has 0 aromatic heterocycles. The van der Waals surface area contributed by atoms with E-state index in [0.717, 1.165) is 12.1 Å². The van der Waals surface area contributed by atoms with Crippen LogP contribution < -0.4 is 5.32 Å². The molecule has 0 aliphatic rings. The van der Waals surface area contributed by atoms with Gasteiger partial charge in [-0.3, -0.25) is 9.59 Å². The number of likely N-dealkylation sites (N-methyl/N-ethyl adjacent to an activating group) is 1. The second-order valence-corrected chi connectivity index (χ2v) is 3.97. The molecule has 1 aromatic rings. The third kappa shape index (κ3) is 3.72. The number of para-hydroxylation sites is 1. The average molecular weight is 288 g/mol. The van der Waals surface area contributed by atoms with Gasteiger partial charge in [0.2, 0.25) is 0 Å². The summed E-state index contributed by atoms with van der Waals surface area (Å²) in [6.45, 7) is 3.98. The van der Waals surface area contributed by atoms with Crippen LogP contribution in [0, 0.1) is 0 Å². The van der Waals surface area contributed by atoms with Gasteiger partial charge >= 0.3 is 18.0 Å². The van der Waals surface area contributed by atoms with E-state index in [1.165, 1.54) is 17.0 Å². The topological polar surface area (TPSA) is 49.4 Å². The van der Waals surface area contributed by atoms with Crippen LogP contribution in [0.3, 0.4) is 0 Å². The molecule has 0 atom stereocenters. The fourth-order valence-electron chi connectivity index (χ4n) is 1.67. The molecule has 0 spiro atoms. The van der Waals surface area contributed by atoms with Gasteiger partial charge in [0.05, 0.1) is 11.3 Å². The fourth-order valence-corrected chi connectivity index (χ4v) is 1.67. The number of benzene rings is 1. The van der Waals surface area contributed by atoms with Gasteiger partial charge in [-0.05, 0) is 26.0 Å². The maximum Gasteiger partial charge on any atom is 0.418 e. The molecule has 7 heteroatoms. The number of hydrogen-bond donors (Lipinski definition) is 1. The number of rotatable bonds is 3. The van der Waals surface area contributed by atoms with Crippen LogP contribution in [0.2, 0.25) is 0 Å². The molecule has 1 N–H and O–H groups in total. The van der Waals surface area contributed by atoms with Crippen molar-refractivity contribution in [2.24, 2.45) is 0 Å². The average Bonchev–Trinajstić information content (AvgIpc) is 2.39. The Morgan fingerprint density at radius 1 is 1.15 bits per heavy atom. The molecule has 0 saturated heterocycles. The Morgan fingerprint density at radius 3 is 2.20 bits per heavy atom. The lowest BCUT2D eigenvalue weighted by Gasteiger charge is -2.19. The summed E-state index contributed by atoms with van der Waals surface area (Å²) in [4.78, 5) is 24.6. The molecule has 2 amide bonds. The Hall–Kier alpha value is -2.05. The molecule has 0 aliphatic carbocycles. The minimum absolute atomic E-state index is 0.309. The van der Waals surface area contributed by atoms with Crippen LogP contribution >= 0.6 is 0 Å². The zero-order valence-electron chi connectivity index (χ0n) is 11.1. The number of carbonyl (C=O) groups excluding carboxylic acids is 2. The van der Waals surface area contributed by atoms with E-state index in [9.17, 15) is 22.8 Å². The van der Waals surface area contributed by atoms with Gasteiger partial charge in [-0.25, -0.2) is 0 Å². The van der Waals surface area contributed by atoms with Gasteiger partial charge in [0, 0.05) is 13.1 Å². The Labute approximate surface area is 114 Å². The Morgan fingerprint density at radius 2 is 1.70 bits per heavy atom. The number of halogens is 3. The number of alkyl halides is 3. The second kappa shape index (κ2) is 6.40. The highest BCUT2D eigenvalue weighted by Gasteiger charge is 2.34. The summed E-state index contributed by atoms with van der Waals surface area (Å²) in [5.74, 6) is -1.93. The number of carbonyl (C=O) groups is 2. The molecule has 0 fully saturated rings. The predicted molar refractivity (Wildman–Crippen MR) is 68.0 cm³/mol. The largest absolute Gasteiger partial charge is 0.418 e. The van der Waals surface area contributed by atoms with Crippen molar-refractivity contribution in [2.45, 2.75) is 20.0 Å². The molecular weight excluding hydrogens is 273 g/mol. The molecule has 0 radical (unpaired) electrons. The first-order chi connectivity index (χ1) is 9.31. The van der Waals surface area contributed by atoms with E-state index in [0.29, 0.717) is 13.1 Å². The SMILES string of the molecule is CCN(CC)C(=O)C(=O)Nc1ccccc1C(F)(F)F. The van der Waals surface area contributed by atoms with Gasteiger partial charge in [0.1, 0.15) is 0 Å². The quantitative estimate of drug-likeness (QED) is 0.869. The second-order valence-electron chi connectivity index (χ2n) is 3.97. The highest BCUT2D eigenvalue weighted by atomic mass is 19.4. The minimum Gasteiger partial charge on any atom is -0.335 e. The molecule has 0 bridgehead atoms. The van der Waals surface area contributed by atoms with E-state index in [4.69, 9.17) is 0 Å². The number of anilines is 1. The first-order valence-electron chi connectivity index (χ1n) is 6.07. The lowest BCUT2D eigenvalue weighted by Crippen LogP contribution is -2.39. The molecule has 0 unspecified atom stereocenters. The number of nitrogens with zero attached hydrogens (tertiary/aromatic N) is 1. The fraction of sp³-hybridized carbons (Fsp3) is 0.385. The van der Waals surface area contributed by atoms with Crippen molar-refractivity contribution < 1.29 is 22.8 Å². The van der Waals surface area contributed by atoms with Crippen LogP contribution in [0.25, 0.3) is 0 Å². The van der Waals surface area contributed by atoms with Crippen molar-refractivity contribution in [3.05, 3.63) is 29.8 Å². The highest BCUT2D eigenvalue weighted by Crippen LogP contribution is 2.34. The summed E-state index contributed by atoms with van der Waals surface area (Å²) in [5.41, 5.74) is -1.41. The lowest BCUT2D eigenvalue weighted by atomic mass is 10.1. The highest BCUT2D eigenvalue weighted by molar-refractivity contribution is 6.39. The lowest BCUT2D eigenvalue weighted by molar-refractivity contribution is -0.143. The van der Waals surface area contributed by atoms with Crippen molar-refractivity contribution in [2.75, 3.05) is 18.4 Å². The molecule has 20 heavy (non-hydrogen) atoms. The zero-order valence-corrected chi connectivity index (χ0v) is 11.1. The van der Waals surface area contributed by atoms with Crippen LogP contribution in [0.1, 0.15) is 19.4 Å². The van der Waals surface area contributed by atoms with Crippen LogP contribution in [-0.4, -0.2) is 29.8 Å². The van der Waals surface area contributed by atoms with Crippen LogP contribution in [0.15, 0.2) is 24.3 Å². The van der Waals surface area contributed by atoms with Gasteiger partial charge < -0.3 is 10.2 Å². The van der Waals surface area contributed by atoms with Crippen LogP contribution in [0.4, 0.5) is 18.9 Å². The monoisotopic (exact) mass is 288 g/mol. The van der Waals surface area contributed by atoms with Crippen molar-refractivity contribution in [3.8, 4) is 0 Å². The van der Waals surface area contributed by atoms with Gasteiger partial charge in [-0.1, -0.05) is 12.1 Å². The normalized spacial score (nSPS) is 11.1. The summed E-state index contributed by atoms with van der Waals surface area (Å²) >= 11 is 0. The molecule has 4 nitrogen and oxygen atoms in total. The van der Waals surface area contributed by atoms with Crippen molar-refractivity contribution in [3.63, 3.8) is 0 Å². The van der Waals surface area contributed by atoms with E-state index >= 15 is 0 Å². The summed E-state index contributed by atoms with van der Waals surface area (Å²) in [5, 5.41) is 2.02. The summed E-state index contributed by atoms with van der Waals surface area (Å²) < 4.78 is 38.2. The molecule has 110 valence electrons. The Balaban J connectivity index is 2.95. The molecule has 1 aromatic carbocycles. The molecule has 0 heterocycles. The zero-order chi connectivity index (χ0) is 15.3. The van der Waals surface area contributed by atoms with Gasteiger partial charge in [-0.15, -0.1) is 0 Å². The van der Waals surface area contributed by atoms with Gasteiger partial charge in [-0.2, -0.15) is 13.2 Å². The molecule has 0 saturated carbocycles. The van der Waals surface area contributed by atoms with Crippen molar-refractivity contribution in [1.29, 1.82) is 0 Å². The van der Waals surface area contributed by atoms with E-state index in [2.05, 4.69) is 0 Å². The third-order valence-electron chi connectivity index (χ3n) is 2.73. The third-order valence-corrected chi connectivity index (χ3v) is 2.73. The summed E-state index contributed by atoms with van der Waals surface area (Å²) in [6.07, 6.45) is -4.60. The van der Waals surface area contributed by atoms with E-state index in [-0.39, 0.29) is 0 Å². The van der Waals surface area contributed by atoms with Crippen LogP contribution in [0.5, 0.6) is 0 Å². The van der Waals surface area contributed by atoms with Crippen molar-refractivity contribution >= 4 is 17.5 Å². The molecule has 1 rings (SSSR count). The van der Waals surface area contributed by atoms with E-state index in [1.54, 1.807) is 13.8 Å². The Bertz CT molecular complexity index is 497. The van der Waals surface area contributed by atoms with E-state index in [1.807, 2.05) is 5.32 Å². The first kappa shape index (κ1) is 16.0. The summed E-state index contributed by atoms with van der Waals surface area (Å²) in [6, 6.07) is 4.52. The maximum atomic E-state index is 12.7. The molecular formula is C13H15F3N2O2. The van der Waals surface area contributed by atoms with Crippen molar-refractivity contribution in [1.82, 2.24) is 4.90 Å². The maximum absolute atomic E-state index is 12.7. The van der Waals surface area contributed by atoms with E-state index < -0.39 is 29.2 Å². The predicted octanol–water partition coefficient (Wildman–Crippen LogP) is 2.51. The van der Waals surface area contributed by atoms with Crippen LogP contribution in [-0.2, 0) is 15.8 Å². The minimum atomic E-state index is -4.60. The summed E-state index contributed by atoms with van der Waals surface area (Å²) in [7, 11) is 0. The molecule has 0 aliphatic heterocycles. The van der Waals surface area contributed by atoms with Gasteiger partial charge in [0.25, 0.3) is 0 Å².